The Morgan fingerprint density at radius 2 is 1.75 bits per heavy atom. The zero-order chi connectivity index (χ0) is 22.8. The number of benzene rings is 2. The van der Waals surface area contributed by atoms with Gasteiger partial charge in [-0.1, -0.05) is 56.7 Å². The molecule has 1 atom stereocenters. The van der Waals surface area contributed by atoms with Crippen LogP contribution in [0.4, 0.5) is 0 Å². The molecule has 0 spiro atoms. The molecule has 0 aliphatic carbocycles. The molecule has 2 aromatic carbocycles. The minimum absolute atomic E-state index is 0.0266. The summed E-state index contributed by atoms with van der Waals surface area (Å²) < 4.78 is 11.2. The van der Waals surface area contributed by atoms with Crippen molar-refractivity contribution in [3.05, 3.63) is 59.7 Å². The fraction of sp³-hybridized carbons (Fsp3) is 0.462. The van der Waals surface area contributed by atoms with Gasteiger partial charge in [0.25, 0.3) is 0 Å². The van der Waals surface area contributed by atoms with Crippen LogP contribution in [-0.4, -0.2) is 42.5 Å². The van der Waals surface area contributed by atoms with E-state index in [-0.39, 0.29) is 11.8 Å². The van der Waals surface area contributed by atoms with Gasteiger partial charge in [0.2, 0.25) is 11.8 Å². The summed E-state index contributed by atoms with van der Waals surface area (Å²) in [6, 6.07) is 15.2. The maximum absolute atomic E-state index is 13.3. The van der Waals surface area contributed by atoms with Gasteiger partial charge in [-0.2, -0.15) is 0 Å². The van der Waals surface area contributed by atoms with Crippen molar-refractivity contribution in [2.45, 2.75) is 58.5 Å². The molecule has 0 saturated heterocycles. The lowest BCUT2D eigenvalue weighted by Crippen LogP contribution is -2.49. The van der Waals surface area contributed by atoms with Crippen LogP contribution in [0.15, 0.2) is 48.5 Å². The van der Waals surface area contributed by atoms with Gasteiger partial charge in [0.05, 0.1) is 0 Å². The van der Waals surface area contributed by atoms with Gasteiger partial charge in [-0.15, -0.1) is 0 Å². The number of nitrogens with one attached hydrogen (secondary N) is 1. The van der Waals surface area contributed by atoms with Crippen molar-refractivity contribution >= 4 is 11.8 Å². The molecule has 6 nitrogen and oxygen atoms in total. The molecule has 1 aliphatic rings. The highest BCUT2D eigenvalue weighted by molar-refractivity contribution is 5.87. The van der Waals surface area contributed by atoms with E-state index in [2.05, 4.69) is 12.2 Å². The first kappa shape index (κ1) is 23.6. The van der Waals surface area contributed by atoms with E-state index in [9.17, 15) is 9.59 Å². The number of hydrogen-bond acceptors (Lipinski definition) is 4. The first-order chi connectivity index (χ1) is 15.6. The standard InChI is InChI=1S/C26H34N2O4/c1-3-5-15-27-26(30)22(4-2)28(19-21-9-7-6-8-10-21)25(29)14-12-20-11-13-23-24(18-20)32-17-16-31-23/h6-11,13,18,22H,3-5,12,14-17,19H2,1-2H3,(H,27,30)/t22-/m0/s1. The zero-order valence-corrected chi connectivity index (χ0v) is 19.1. The highest BCUT2D eigenvalue weighted by Gasteiger charge is 2.28. The average Bonchev–Trinajstić information content (AvgIpc) is 2.83. The van der Waals surface area contributed by atoms with Gasteiger partial charge in [-0.25, -0.2) is 0 Å². The Morgan fingerprint density at radius 1 is 1.00 bits per heavy atom. The van der Waals surface area contributed by atoms with Gasteiger partial charge < -0.3 is 19.7 Å². The topological polar surface area (TPSA) is 67.9 Å². The molecule has 2 amide bonds. The molecule has 0 aromatic heterocycles. The Hall–Kier alpha value is -3.02. The van der Waals surface area contributed by atoms with Crippen LogP contribution < -0.4 is 14.8 Å². The quantitative estimate of drug-likeness (QED) is 0.536. The molecular weight excluding hydrogens is 404 g/mol. The van der Waals surface area contributed by atoms with Crippen molar-refractivity contribution in [3.63, 3.8) is 0 Å². The van der Waals surface area contributed by atoms with E-state index < -0.39 is 6.04 Å². The third-order valence-corrected chi connectivity index (χ3v) is 5.65. The second-order valence-electron chi connectivity index (χ2n) is 8.05. The van der Waals surface area contributed by atoms with Gasteiger partial charge in [-0.05, 0) is 42.5 Å². The summed E-state index contributed by atoms with van der Waals surface area (Å²) in [6.07, 6.45) is 3.42. The van der Waals surface area contributed by atoms with E-state index in [0.717, 1.165) is 35.5 Å². The second kappa shape index (κ2) is 12.1. The summed E-state index contributed by atoms with van der Waals surface area (Å²) in [5, 5.41) is 3.00. The molecule has 1 N–H and O–H groups in total. The Bertz CT molecular complexity index is 885. The van der Waals surface area contributed by atoms with Crippen molar-refractivity contribution in [3.8, 4) is 11.5 Å². The smallest absolute Gasteiger partial charge is 0.242 e. The molecule has 0 radical (unpaired) electrons. The van der Waals surface area contributed by atoms with Crippen LogP contribution in [-0.2, 0) is 22.6 Å². The van der Waals surface area contributed by atoms with Crippen molar-refractivity contribution in [2.24, 2.45) is 0 Å². The molecule has 1 heterocycles. The van der Waals surface area contributed by atoms with Gasteiger partial charge in [0, 0.05) is 19.5 Å². The van der Waals surface area contributed by atoms with Gasteiger partial charge in [0.1, 0.15) is 19.3 Å². The Kier molecular flexibility index (Phi) is 8.96. The molecule has 6 heteroatoms. The first-order valence-corrected chi connectivity index (χ1v) is 11.6. The third-order valence-electron chi connectivity index (χ3n) is 5.65. The fourth-order valence-electron chi connectivity index (χ4n) is 3.84. The molecule has 32 heavy (non-hydrogen) atoms. The molecule has 1 aliphatic heterocycles. The number of hydrogen-bond donors (Lipinski definition) is 1. The summed E-state index contributed by atoms with van der Waals surface area (Å²) in [5.41, 5.74) is 2.03. The molecule has 0 fully saturated rings. The Morgan fingerprint density at radius 3 is 2.47 bits per heavy atom. The Balaban J connectivity index is 1.71. The summed E-state index contributed by atoms with van der Waals surface area (Å²) >= 11 is 0. The van der Waals surface area contributed by atoms with Gasteiger partial charge >= 0.3 is 0 Å². The number of carbonyl (C=O) groups is 2. The number of fused-ring (bicyclic) bond motifs is 1. The minimum atomic E-state index is -0.486. The summed E-state index contributed by atoms with van der Waals surface area (Å²) in [6.45, 7) is 6.18. The summed E-state index contributed by atoms with van der Waals surface area (Å²) in [4.78, 5) is 27.9. The van der Waals surface area contributed by atoms with Crippen molar-refractivity contribution in [2.75, 3.05) is 19.8 Å². The number of unbranched alkanes of at least 4 members (excludes halogenated alkanes) is 1. The predicted octanol–water partition coefficient (Wildman–Crippen LogP) is 4.11. The van der Waals surface area contributed by atoms with Crippen LogP contribution in [0.1, 0.15) is 50.7 Å². The highest BCUT2D eigenvalue weighted by Crippen LogP contribution is 2.31. The second-order valence-corrected chi connectivity index (χ2v) is 8.05. The fourth-order valence-corrected chi connectivity index (χ4v) is 3.84. The molecule has 3 rings (SSSR count). The molecule has 172 valence electrons. The van der Waals surface area contributed by atoms with Crippen LogP contribution >= 0.6 is 0 Å². The van der Waals surface area contributed by atoms with Crippen molar-refractivity contribution in [1.29, 1.82) is 0 Å². The number of amides is 2. The lowest BCUT2D eigenvalue weighted by atomic mass is 10.1. The normalized spacial score (nSPS) is 13.3. The lowest BCUT2D eigenvalue weighted by molar-refractivity contribution is -0.141. The van der Waals surface area contributed by atoms with Crippen LogP contribution in [0.2, 0.25) is 0 Å². The van der Waals surface area contributed by atoms with Crippen molar-refractivity contribution in [1.82, 2.24) is 10.2 Å². The molecule has 0 unspecified atom stereocenters. The lowest BCUT2D eigenvalue weighted by Gasteiger charge is -2.31. The van der Waals surface area contributed by atoms with E-state index in [1.54, 1.807) is 4.90 Å². The van der Waals surface area contributed by atoms with Crippen LogP contribution in [0, 0.1) is 0 Å². The Labute approximate surface area is 190 Å². The predicted molar refractivity (Wildman–Crippen MR) is 125 cm³/mol. The summed E-state index contributed by atoms with van der Waals surface area (Å²) in [7, 11) is 0. The zero-order valence-electron chi connectivity index (χ0n) is 19.1. The van der Waals surface area contributed by atoms with E-state index in [1.807, 2.05) is 55.5 Å². The van der Waals surface area contributed by atoms with E-state index in [1.165, 1.54) is 0 Å². The minimum Gasteiger partial charge on any atom is -0.486 e. The van der Waals surface area contributed by atoms with Gasteiger partial charge in [-0.3, -0.25) is 9.59 Å². The first-order valence-electron chi connectivity index (χ1n) is 11.6. The maximum Gasteiger partial charge on any atom is 0.242 e. The van der Waals surface area contributed by atoms with Gasteiger partial charge in [0.15, 0.2) is 11.5 Å². The maximum atomic E-state index is 13.3. The highest BCUT2D eigenvalue weighted by atomic mass is 16.6. The average molecular weight is 439 g/mol. The monoisotopic (exact) mass is 438 g/mol. The molecule has 0 saturated carbocycles. The van der Waals surface area contributed by atoms with E-state index >= 15 is 0 Å². The number of nitrogens with zero attached hydrogens (tertiary/aromatic N) is 1. The molecular formula is C26H34N2O4. The molecule has 2 aromatic rings. The summed E-state index contributed by atoms with van der Waals surface area (Å²) in [5.74, 6) is 1.36. The van der Waals surface area contributed by atoms with Crippen LogP contribution in [0.5, 0.6) is 11.5 Å². The largest absolute Gasteiger partial charge is 0.486 e. The van der Waals surface area contributed by atoms with Crippen LogP contribution in [0.25, 0.3) is 0 Å². The van der Waals surface area contributed by atoms with E-state index in [4.69, 9.17) is 9.47 Å². The van der Waals surface area contributed by atoms with E-state index in [0.29, 0.717) is 45.6 Å². The number of aryl methyl sites for hydroxylation is 1. The number of rotatable bonds is 11. The SMILES string of the molecule is CCCCNC(=O)[C@H](CC)N(Cc1ccccc1)C(=O)CCc1ccc2c(c1)OCCO2. The van der Waals surface area contributed by atoms with Crippen molar-refractivity contribution < 1.29 is 19.1 Å². The third kappa shape index (κ3) is 6.49. The number of ether oxygens (including phenoxy) is 2. The molecule has 0 bridgehead atoms. The van der Waals surface area contributed by atoms with Crippen LogP contribution in [0.3, 0.4) is 0 Å². The number of carbonyl (C=O) groups excluding carboxylic acids is 2.